The van der Waals surface area contributed by atoms with Gasteiger partial charge in [-0.3, -0.25) is 4.90 Å². The fraction of sp³-hybridized carbons (Fsp3) is 0.667. The van der Waals surface area contributed by atoms with Crippen molar-refractivity contribution in [3.63, 3.8) is 0 Å². The summed E-state index contributed by atoms with van der Waals surface area (Å²) in [5.41, 5.74) is 2.63. The highest BCUT2D eigenvalue weighted by Gasteiger charge is 2.24. The molecular weight excluding hydrogens is 260 g/mol. The third-order valence-corrected chi connectivity index (χ3v) is 4.83. The van der Waals surface area contributed by atoms with E-state index in [1.807, 2.05) is 7.05 Å². The molecule has 118 valence electrons. The fourth-order valence-corrected chi connectivity index (χ4v) is 3.35. The van der Waals surface area contributed by atoms with Crippen LogP contribution >= 0.6 is 0 Å². The first-order valence-corrected chi connectivity index (χ1v) is 8.19. The van der Waals surface area contributed by atoms with Gasteiger partial charge >= 0.3 is 0 Å². The molecule has 0 spiro atoms. The maximum Gasteiger partial charge on any atom is 0.123 e. The Balaban J connectivity index is 1.98. The molecule has 1 aromatic carbocycles. The molecule has 21 heavy (non-hydrogen) atoms. The summed E-state index contributed by atoms with van der Waals surface area (Å²) < 4.78 is 5.55. The average molecular weight is 290 g/mol. The maximum atomic E-state index is 5.55. The topological polar surface area (TPSA) is 24.5 Å². The number of benzene rings is 1. The Morgan fingerprint density at radius 3 is 2.67 bits per heavy atom. The molecule has 0 amide bonds. The maximum absolute atomic E-state index is 5.55. The molecule has 3 nitrogen and oxygen atoms in total. The fourth-order valence-electron chi connectivity index (χ4n) is 3.35. The van der Waals surface area contributed by atoms with E-state index in [2.05, 4.69) is 42.3 Å². The number of piperidine rings is 1. The first-order chi connectivity index (χ1) is 10.2. The lowest BCUT2D eigenvalue weighted by atomic mass is 9.91. The summed E-state index contributed by atoms with van der Waals surface area (Å²) in [6.07, 6.45) is 3.95. The molecule has 1 atom stereocenters. The van der Waals surface area contributed by atoms with Crippen LogP contribution in [0.3, 0.4) is 0 Å². The number of methoxy groups -OCH3 is 1. The van der Waals surface area contributed by atoms with Gasteiger partial charge in [0.25, 0.3) is 0 Å². The van der Waals surface area contributed by atoms with Crippen LogP contribution in [0, 0.1) is 12.8 Å². The summed E-state index contributed by atoms with van der Waals surface area (Å²) in [6, 6.07) is 6.93. The Labute approximate surface area is 129 Å². The van der Waals surface area contributed by atoms with Crippen LogP contribution < -0.4 is 10.1 Å². The Kier molecular flexibility index (Phi) is 6.07. The van der Waals surface area contributed by atoms with Crippen LogP contribution in [0.2, 0.25) is 0 Å². The van der Waals surface area contributed by atoms with Gasteiger partial charge in [0.15, 0.2) is 0 Å². The van der Waals surface area contributed by atoms with Crippen LogP contribution in [0.25, 0.3) is 0 Å². The van der Waals surface area contributed by atoms with Crippen LogP contribution in [0.5, 0.6) is 5.75 Å². The van der Waals surface area contributed by atoms with Gasteiger partial charge in [-0.25, -0.2) is 0 Å². The van der Waals surface area contributed by atoms with Gasteiger partial charge in [0, 0.05) is 11.6 Å². The monoisotopic (exact) mass is 290 g/mol. The van der Waals surface area contributed by atoms with Crippen molar-refractivity contribution in [2.24, 2.45) is 5.92 Å². The van der Waals surface area contributed by atoms with Crippen molar-refractivity contribution in [3.05, 3.63) is 29.3 Å². The van der Waals surface area contributed by atoms with Crippen molar-refractivity contribution >= 4 is 0 Å². The number of ether oxygens (including phenoxy) is 1. The molecule has 1 aliphatic rings. The van der Waals surface area contributed by atoms with E-state index in [1.165, 1.54) is 43.5 Å². The highest BCUT2D eigenvalue weighted by molar-refractivity contribution is 5.39. The molecule has 1 saturated heterocycles. The quantitative estimate of drug-likeness (QED) is 0.869. The minimum Gasteiger partial charge on any atom is -0.496 e. The molecule has 0 aromatic heterocycles. The molecule has 1 fully saturated rings. The summed E-state index contributed by atoms with van der Waals surface area (Å²) in [6.45, 7) is 8.01. The van der Waals surface area contributed by atoms with E-state index < -0.39 is 0 Å². The number of likely N-dealkylation sites (tertiary alicyclic amines) is 1. The number of rotatable bonds is 6. The summed E-state index contributed by atoms with van der Waals surface area (Å²) in [4.78, 5) is 2.60. The molecule has 0 saturated carbocycles. The van der Waals surface area contributed by atoms with Crippen molar-refractivity contribution in [2.45, 2.75) is 39.2 Å². The minimum absolute atomic E-state index is 0.435. The molecule has 1 N–H and O–H groups in total. The molecule has 1 unspecified atom stereocenters. The highest BCUT2D eigenvalue weighted by Crippen LogP contribution is 2.33. The zero-order chi connectivity index (χ0) is 15.2. The second kappa shape index (κ2) is 7.81. The van der Waals surface area contributed by atoms with Crippen LogP contribution in [-0.4, -0.2) is 38.7 Å². The Morgan fingerprint density at radius 2 is 2.05 bits per heavy atom. The number of hydrogen-bond donors (Lipinski definition) is 1. The van der Waals surface area contributed by atoms with Gasteiger partial charge in [-0.2, -0.15) is 0 Å². The van der Waals surface area contributed by atoms with Crippen LogP contribution in [0.1, 0.15) is 43.4 Å². The van der Waals surface area contributed by atoms with Gasteiger partial charge in [0.2, 0.25) is 0 Å². The smallest absolute Gasteiger partial charge is 0.123 e. The van der Waals surface area contributed by atoms with Crippen LogP contribution in [-0.2, 0) is 0 Å². The first kappa shape index (κ1) is 16.3. The molecule has 0 bridgehead atoms. The van der Waals surface area contributed by atoms with E-state index >= 15 is 0 Å². The van der Waals surface area contributed by atoms with Crippen molar-refractivity contribution < 1.29 is 4.74 Å². The van der Waals surface area contributed by atoms with Gasteiger partial charge in [0.1, 0.15) is 5.75 Å². The van der Waals surface area contributed by atoms with E-state index in [1.54, 1.807) is 7.11 Å². The van der Waals surface area contributed by atoms with Crippen molar-refractivity contribution in [2.75, 3.05) is 33.8 Å². The minimum atomic E-state index is 0.435. The molecule has 0 aliphatic carbocycles. The summed E-state index contributed by atoms with van der Waals surface area (Å²) in [7, 11) is 3.81. The van der Waals surface area contributed by atoms with E-state index in [4.69, 9.17) is 4.74 Å². The van der Waals surface area contributed by atoms with Crippen molar-refractivity contribution in [3.8, 4) is 5.75 Å². The molecule has 2 rings (SSSR count). The van der Waals surface area contributed by atoms with Gasteiger partial charge in [-0.05, 0) is 71.8 Å². The van der Waals surface area contributed by atoms with E-state index in [0.29, 0.717) is 6.04 Å². The van der Waals surface area contributed by atoms with Gasteiger partial charge in [0.05, 0.1) is 7.11 Å². The standard InChI is InChI=1S/C18H30N2O/c1-14-5-6-18(21-4)17(13-14)15(2)20-11-8-16(9-12-20)7-10-19-3/h5-6,13,15-16,19H,7-12H2,1-4H3. The zero-order valence-corrected chi connectivity index (χ0v) is 14.0. The summed E-state index contributed by atoms with van der Waals surface area (Å²) in [5, 5.41) is 3.27. The number of nitrogens with one attached hydrogen (secondary N) is 1. The summed E-state index contributed by atoms with van der Waals surface area (Å²) in [5.74, 6) is 1.91. The van der Waals surface area contributed by atoms with E-state index in [0.717, 1.165) is 18.2 Å². The van der Waals surface area contributed by atoms with Crippen LogP contribution in [0.15, 0.2) is 18.2 Å². The number of nitrogens with zero attached hydrogens (tertiary/aromatic N) is 1. The van der Waals surface area contributed by atoms with E-state index in [9.17, 15) is 0 Å². The first-order valence-electron chi connectivity index (χ1n) is 8.19. The van der Waals surface area contributed by atoms with E-state index in [-0.39, 0.29) is 0 Å². The Morgan fingerprint density at radius 1 is 1.33 bits per heavy atom. The molecular formula is C18H30N2O. The second-order valence-electron chi connectivity index (χ2n) is 6.29. The largest absolute Gasteiger partial charge is 0.496 e. The predicted molar refractivity (Wildman–Crippen MR) is 89.0 cm³/mol. The molecule has 1 aromatic rings. The Hall–Kier alpha value is -1.06. The van der Waals surface area contributed by atoms with Gasteiger partial charge in [-0.15, -0.1) is 0 Å². The number of aryl methyl sites for hydroxylation is 1. The average Bonchev–Trinajstić information content (AvgIpc) is 2.52. The lowest BCUT2D eigenvalue weighted by molar-refractivity contribution is 0.136. The number of hydrogen-bond acceptors (Lipinski definition) is 3. The third-order valence-electron chi connectivity index (χ3n) is 4.83. The summed E-state index contributed by atoms with van der Waals surface area (Å²) >= 11 is 0. The molecule has 0 radical (unpaired) electrons. The lowest BCUT2D eigenvalue weighted by Gasteiger charge is -2.36. The zero-order valence-electron chi connectivity index (χ0n) is 14.0. The third kappa shape index (κ3) is 4.21. The molecule has 1 aliphatic heterocycles. The second-order valence-corrected chi connectivity index (χ2v) is 6.29. The Bertz CT molecular complexity index is 439. The van der Waals surface area contributed by atoms with Crippen molar-refractivity contribution in [1.82, 2.24) is 10.2 Å². The highest BCUT2D eigenvalue weighted by atomic mass is 16.5. The normalized spacial score (nSPS) is 18.7. The van der Waals surface area contributed by atoms with Gasteiger partial charge in [-0.1, -0.05) is 17.7 Å². The van der Waals surface area contributed by atoms with Crippen LogP contribution in [0.4, 0.5) is 0 Å². The lowest BCUT2D eigenvalue weighted by Crippen LogP contribution is -2.36. The molecule has 3 heteroatoms. The van der Waals surface area contributed by atoms with Crippen molar-refractivity contribution in [1.29, 1.82) is 0 Å². The predicted octanol–water partition coefficient (Wildman–Crippen LogP) is 3.39. The molecule has 1 heterocycles. The van der Waals surface area contributed by atoms with Gasteiger partial charge < -0.3 is 10.1 Å². The SMILES string of the molecule is CNCCC1CCN(C(C)c2cc(C)ccc2OC)CC1.